The van der Waals surface area contributed by atoms with Crippen molar-refractivity contribution in [3.05, 3.63) is 45.1 Å². The zero-order chi connectivity index (χ0) is 13.4. The molecule has 0 aliphatic heterocycles. The van der Waals surface area contributed by atoms with E-state index in [-0.39, 0.29) is 0 Å². The van der Waals surface area contributed by atoms with E-state index in [2.05, 4.69) is 40.5 Å². The van der Waals surface area contributed by atoms with Gasteiger partial charge in [-0.25, -0.2) is 0 Å². The normalized spacial score (nSPS) is 12.9. The lowest BCUT2D eigenvalue weighted by atomic mass is 10.2. The summed E-state index contributed by atoms with van der Waals surface area (Å²) >= 11 is 7.29. The van der Waals surface area contributed by atoms with E-state index in [0.717, 1.165) is 22.2 Å². The summed E-state index contributed by atoms with van der Waals surface area (Å²) < 4.78 is 2.95. The van der Waals surface area contributed by atoms with Crippen molar-refractivity contribution in [2.75, 3.05) is 0 Å². The van der Waals surface area contributed by atoms with E-state index in [0.29, 0.717) is 6.04 Å². The van der Waals surface area contributed by atoms with Crippen LogP contribution < -0.4 is 0 Å². The molecular formula is C14H15N3S2. The molecule has 0 aliphatic carbocycles. The third-order valence-corrected chi connectivity index (χ3v) is 4.57. The Balaban J connectivity index is 1.99. The highest BCUT2D eigenvalue weighted by atomic mass is 32.1. The van der Waals surface area contributed by atoms with Crippen molar-refractivity contribution in [2.45, 2.75) is 26.3 Å². The van der Waals surface area contributed by atoms with Gasteiger partial charge in [-0.15, -0.1) is 11.3 Å². The monoisotopic (exact) mass is 289 g/mol. The molecule has 3 rings (SSSR count). The molecule has 1 N–H and O–H groups in total. The number of H-pyrrole nitrogens is 1. The minimum atomic E-state index is 0.335. The number of hydrogen-bond acceptors (Lipinski definition) is 3. The fourth-order valence-electron chi connectivity index (χ4n) is 2.39. The number of rotatable bonds is 3. The molecule has 3 heterocycles. The second-order valence-corrected chi connectivity index (χ2v) is 6.52. The molecular weight excluding hydrogens is 274 g/mol. The molecule has 3 aromatic rings. The average Bonchev–Trinajstić information content (AvgIpc) is 2.91. The molecule has 0 spiro atoms. The zero-order valence-corrected chi connectivity index (χ0v) is 12.5. The molecule has 1 unspecified atom stereocenters. The molecule has 0 bridgehead atoms. The smallest absolute Gasteiger partial charge is 0.178 e. The van der Waals surface area contributed by atoms with Gasteiger partial charge in [-0.3, -0.25) is 4.98 Å². The van der Waals surface area contributed by atoms with Gasteiger partial charge in [0.1, 0.15) is 0 Å². The molecule has 5 heteroatoms. The van der Waals surface area contributed by atoms with E-state index >= 15 is 0 Å². The van der Waals surface area contributed by atoms with E-state index in [1.165, 1.54) is 9.75 Å². The Hall–Kier alpha value is -1.46. The number of fused-ring (bicyclic) bond motifs is 1. The Labute approximate surface area is 120 Å². The summed E-state index contributed by atoms with van der Waals surface area (Å²) in [6.07, 6.45) is 4.63. The van der Waals surface area contributed by atoms with Crippen LogP contribution >= 0.6 is 23.6 Å². The maximum Gasteiger partial charge on any atom is 0.178 e. The molecule has 98 valence electrons. The molecule has 0 radical (unpaired) electrons. The summed E-state index contributed by atoms with van der Waals surface area (Å²) in [5, 5.41) is 0. The second kappa shape index (κ2) is 4.90. The van der Waals surface area contributed by atoms with Crippen LogP contribution in [0.5, 0.6) is 0 Å². The molecule has 1 atom stereocenters. The van der Waals surface area contributed by atoms with Gasteiger partial charge in [0.15, 0.2) is 4.77 Å². The highest BCUT2D eigenvalue weighted by molar-refractivity contribution is 7.71. The molecule has 0 fully saturated rings. The minimum Gasteiger partial charge on any atom is -0.329 e. The number of aromatic amines is 1. The van der Waals surface area contributed by atoms with Gasteiger partial charge in [-0.05, 0) is 44.3 Å². The van der Waals surface area contributed by atoms with Crippen molar-refractivity contribution in [3.63, 3.8) is 0 Å². The van der Waals surface area contributed by atoms with Gasteiger partial charge >= 0.3 is 0 Å². The maximum absolute atomic E-state index is 5.43. The third-order valence-electron chi connectivity index (χ3n) is 3.25. The molecule has 0 amide bonds. The molecule has 19 heavy (non-hydrogen) atoms. The molecule has 0 saturated heterocycles. The minimum absolute atomic E-state index is 0.335. The largest absolute Gasteiger partial charge is 0.329 e. The van der Waals surface area contributed by atoms with Crippen molar-refractivity contribution < 1.29 is 0 Å². The highest BCUT2D eigenvalue weighted by Gasteiger charge is 2.12. The van der Waals surface area contributed by atoms with Crippen LogP contribution in [0.15, 0.2) is 30.6 Å². The number of thiophene rings is 1. The summed E-state index contributed by atoms with van der Waals surface area (Å²) in [5.41, 5.74) is 2.13. The SMILES string of the molecule is Cc1ccc(CC(C)n2c(=S)[nH]c3cnccc32)s1. The Bertz CT molecular complexity index is 766. The lowest BCUT2D eigenvalue weighted by Crippen LogP contribution is -2.07. The Morgan fingerprint density at radius 1 is 1.42 bits per heavy atom. The number of imidazole rings is 1. The first-order valence-corrected chi connectivity index (χ1v) is 7.47. The van der Waals surface area contributed by atoms with Crippen LogP contribution in [0.3, 0.4) is 0 Å². The van der Waals surface area contributed by atoms with E-state index in [9.17, 15) is 0 Å². The van der Waals surface area contributed by atoms with E-state index in [1.807, 2.05) is 29.8 Å². The zero-order valence-electron chi connectivity index (χ0n) is 10.9. The predicted octanol–water partition coefficient (Wildman–Crippen LogP) is 4.27. The first-order valence-electron chi connectivity index (χ1n) is 6.24. The fourth-order valence-corrected chi connectivity index (χ4v) is 3.79. The summed E-state index contributed by atoms with van der Waals surface area (Å²) in [4.78, 5) is 10.1. The van der Waals surface area contributed by atoms with Crippen molar-refractivity contribution >= 4 is 34.6 Å². The third kappa shape index (κ3) is 2.35. The standard InChI is InChI=1S/C14H15N3S2/c1-9(7-11-4-3-10(2)19-11)17-13-5-6-15-8-12(13)16-14(17)18/h3-6,8-9H,7H2,1-2H3,(H,16,18). The van der Waals surface area contributed by atoms with Crippen LogP contribution in [0, 0.1) is 11.7 Å². The molecule has 0 aromatic carbocycles. The Kier molecular flexibility index (Phi) is 3.24. The van der Waals surface area contributed by atoms with Crippen LogP contribution in [0.4, 0.5) is 0 Å². The summed E-state index contributed by atoms with van der Waals surface area (Å²) in [6.45, 7) is 4.35. The average molecular weight is 289 g/mol. The predicted molar refractivity (Wildman–Crippen MR) is 82.4 cm³/mol. The number of nitrogens with one attached hydrogen (secondary N) is 1. The highest BCUT2D eigenvalue weighted by Crippen LogP contribution is 2.24. The summed E-state index contributed by atoms with van der Waals surface area (Å²) in [6, 6.07) is 6.72. The van der Waals surface area contributed by atoms with Gasteiger partial charge in [0.25, 0.3) is 0 Å². The number of nitrogens with zero attached hydrogens (tertiary/aromatic N) is 2. The molecule has 3 nitrogen and oxygen atoms in total. The first kappa shape index (κ1) is 12.6. The van der Waals surface area contributed by atoms with Crippen molar-refractivity contribution in [3.8, 4) is 0 Å². The van der Waals surface area contributed by atoms with Crippen LogP contribution in [0.2, 0.25) is 0 Å². The van der Waals surface area contributed by atoms with Crippen LogP contribution in [-0.4, -0.2) is 14.5 Å². The fraction of sp³-hybridized carbons (Fsp3) is 0.286. The number of pyridine rings is 1. The van der Waals surface area contributed by atoms with Gasteiger partial charge in [0, 0.05) is 28.4 Å². The summed E-state index contributed by atoms with van der Waals surface area (Å²) in [7, 11) is 0. The second-order valence-electron chi connectivity index (χ2n) is 4.76. The molecule has 0 saturated carbocycles. The molecule has 0 aliphatic rings. The topological polar surface area (TPSA) is 33.6 Å². The van der Waals surface area contributed by atoms with Crippen LogP contribution in [0.25, 0.3) is 11.0 Å². The van der Waals surface area contributed by atoms with Crippen molar-refractivity contribution in [2.24, 2.45) is 0 Å². The molecule has 3 aromatic heterocycles. The van der Waals surface area contributed by atoms with E-state index in [1.54, 1.807) is 0 Å². The lowest BCUT2D eigenvalue weighted by Gasteiger charge is -2.13. The number of aryl methyl sites for hydroxylation is 1. The van der Waals surface area contributed by atoms with Gasteiger partial charge in [-0.2, -0.15) is 0 Å². The summed E-state index contributed by atoms with van der Waals surface area (Å²) in [5.74, 6) is 0. The van der Waals surface area contributed by atoms with Crippen LogP contribution in [-0.2, 0) is 6.42 Å². The Morgan fingerprint density at radius 2 is 2.26 bits per heavy atom. The van der Waals surface area contributed by atoms with Gasteiger partial charge < -0.3 is 9.55 Å². The van der Waals surface area contributed by atoms with Gasteiger partial charge in [0.2, 0.25) is 0 Å². The van der Waals surface area contributed by atoms with Gasteiger partial charge in [-0.1, -0.05) is 0 Å². The number of aromatic nitrogens is 3. The lowest BCUT2D eigenvalue weighted by molar-refractivity contribution is 0.557. The maximum atomic E-state index is 5.43. The van der Waals surface area contributed by atoms with E-state index in [4.69, 9.17) is 12.2 Å². The van der Waals surface area contributed by atoms with Crippen molar-refractivity contribution in [1.82, 2.24) is 14.5 Å². The first-order chi connectivity index (χ1) is 9.15. The van der Waals surface area contributed by atoms with E-state index < -0.39 is 0 Å². The Morgan fingerprint density at radius 3 is 3.00 bits per heavy atom. The number of hydrogen-bond donors (Lipinski definition) is 1. The van der Waals surface area contributed by atoms with Gasteiger partial charge in [0.05, 0.1) is 17.2 Å². The quantitative estimate of drug-likeness (QED) is 0.731. The van der Waals surface area contributed by atoms with Crippen molar-refractivity contribution in [1.29, 1.82) is 0 Å². The van der Waals surface area contributed by atoms with Crippen LogP contribution in [0.1, 0.15) is 22.7 Å².